The molecular formula is C18H18BrNO4. The minimum absolute atomic E-state index is 0.251. The molecule has 1 N–H and O–H groups in total. The summed E-state index contributed by atoms with van der Waals surface area (Å²) >= 11 is 3.39. The van der Waals surface area contributed by atoms with Gasteiger partial charge in [-0.05, 0) is 40.2 Å². The molecule has 0 aliphatic carbocycles. The summed E-state index contributed by atoms with van der Waals surface area (Å²) in [4.78, 5) is 12.1. The Morgan fingerprint density at radius 3 is 2.25 bits per heavy atom. The molecule has 0 saturated carbocycles. The van der Waals surface area contributed by atoms with E-state index in [4.69, 9.17) is 14.2 Å². The van der Waals surface area contributed by atoms with Gasteiger partial charge in [0.1, 0.15) is 5.75 Å². The average Bonchev–Trinajstić information content (AvgIpc) is 2.61. The molecule has 0 saturated heterocycles. The van der Waals surface area contributed by atoms with Crippen LogP contribution < -0.4 is 19.5 Å². The van der Waals surface area contributed by atoms with Crippen LogP contribution in [0.5, 0.6) is 17.2 Å². The number of para-hydroxylation sites is 1. The van der Waals surface area contributed by atoms with Crippen molar-refractivity contribution in [1.29, 1.82) is 0 Å². The quantitative estimate of drug-likeness (QED) is 0.752. The van der Waals surface area contributed by atoms with Crippen LogP contribution in [-0.2, 0) is 4.79 Å². The summed E-state index contributed by atoms with van der Waals surface area (Å²) in [5.41, 5.74) is 1.41. The molecule has 2 aromatic rings. The molecule has 0 spiro atoms. The van der Waals surface area contributed by atoms with E-state index in [-0.39, 0.29) is 5.91 Å². The minimum atomic E-state index is -0.251. The fourth-order valence-corrected chi connectivity index (χ4v) is 2.47. The molecule has 0 heterocycles. The lowest BCUT2D eigenvalue weighted by Gasteiger charge is -2.12. The van der Waals surface area contributed by atoms with Gasteiger partial charge in [-0.2, -0.15) is 0 Å². The van der Waals surface area contributed by atoms with E-state index in [0.717, 1.165) is 4.47 Å². The molecule has 0 unspecified atom stereocenters. The van der Waals surface area contributed by atoms with Gasteiger partial charge in [0.05, 0.1) is 27.0 Å². The molecule has 0 aliphatic rings. The van der Waals surface area contributed by atoms with E-state index in [1.165, 1.54) is 6.08 Å². The largest absolute Gasteiger partial charge is 0.496 e. The summed E-state index contributed by atoms with van der Waals surface area (Å²) in [5.74, 6) is 1.45. The number of rotatable bonds is 6. The van der Waals surface area contributed by atoms with E-state index in [9.17, 15) is 4.79 Å². The van der Waals surface area contributed by atoms with Crippen molar-refractivity contribution >= 4 is 33.6 Å². The van der Waals surface area contributed by atoms with Crippen LogP contribution in [0.15, 0.2) is 46.9 Å². The van der Waals surface area contributed by atoms with Crippen molar-refractivity contribution in [2.24, 2.45) is 0 Å². The van der Waals surface area contributed by atoms with Crippen molar-refractivity contribution in [2.45, 2.75) is 0 Å². The minimum Gasteiger partial charge on any atom is -0.496 e. The SMILES string of the molecule is COc1cc(OC)c(OC)cc1/C=C/C(=O)Nc1ccccc1Br. The number of nitrogens with one attached hydrogen (secondary N) is 1. The Labute approximate surface area is 149 Å². The van der Waals surface area contributed by atoms with E-state index in [1.54, 1.807) is 39.5 Å². The van der Waals surface area contributed by atoms with Gasteiger partial charge < -0.3 is 19.5 Å². The van der Waals surface area contributed by atoms with Crippen LogP contribution in [0.2, 0.25) is 0 Å². The van der Waals surface area contributed by atoms with Crippen molar-refractivity contribution in [3.63, 3.8) is 0 Å². The highest BCUT2D eigenvalue weighted by molar-refractivity contribution is 9.10. The summed E-state index contributed by atoms with van der Waals surface area (Å²) in [6, 6.07) is 10.9. The molecule has 2 aromatic carbocycles. The first kappa shape index (κ1) is 17.9. The van der Waals surface area contributed by atoms with Crippen molar-refractivity contribution in [3.8, 4) is 17.2 Å². The van der Waals surface area contributed by atoms with Gasteiger partial charge in [0.15, 0.2) is 11.5 Å². The van der Waals surface area contributed by atoms with E-state index < -0.39 is 0 Å². The van der Waals surface area contributed by atoms with E-state index in [1.807, 2.05) is 24.3 Å². The second kappa shape index (κ2) is 8.40. The number of halogens is 1. The first-order valence-corrected chi connectivity index (χ1v) is 7.92. The fraction of sp³-hybridized carbons (Fsp3) is 0.167. The van der Waals surface area contributed by atoms with Gasteiger partial charge in [-0.15, -0.1) is 0 Å². The Kier molecular flexibility index (Phi) is 6.26. The molecule has 24 heavy (non-hydrogen) atoms. The van der Waals surface area contributed by atoms with Gasteiger partial charge in [-0.1, -0.05) is 12.1 Å². The second-order valence-electron chi connectivity index (χ2n) is 4.75. The van der Waals surface area contributed by atoms with Gasteiger partial charge in [-0.3, -0.25) is 4.79 Å². The number of benzene rings is 2. The molecular weight excluding hydrogens is 374 g/mol. The average molecular weight is 392 g/mol. The Bertz CT molecular complexity index is 759. The summed E-state index contributed by atoms with van der Waals surface area (Å²) in [6.07, 6.45) is 3.09. The van der Waals surface area contributed by atoms with Crippen molar-refractivity contribution < 1.29 is 19.0 Å². The molecule has 0 fully saturated rings. The van der Waals surface area contributed by atoms with E-state index in [0.29, 0.717) is 28.5 Å². The summed E-state index contributed by atoms with van der Waals surface area (Å²) in [5, 5.41) is 2.80. The number of carbonyl (C=O) groups excluding carboxylic acids is 1. The number of amides is 1. The Morgan fingerprint density at radius 1 is 1.00 bits per heavy atom. The van der Waals surface area contributed by atoms with Crippen LogP contribution in [0.25, 0.3) is 6.08 Å². The molecule has 2 rings (SSSR count). The topological polar surface area (TPSA) is 56.8 Å². The number of anilines is 1. The molecule has 126 valence electrons. The lowest BCUT2D eigenvalue weighted by Crippen LogP contribution is -2.08. The van der Waals surface area contributed by atoms with Crippen LogP contribution in [0.3, 0.4) is 0 Å². The smallest absolute Gasteiger partial charge is 0.248 e. The highest BCUT2D eigenvalue weighted by Crippen LogP contribution is 2.35. The predicted molar refractivity (Wildman–Crippen MR) is 97.9 cm³/mol. The molecule has 1 amide bonds. The normalized spacial score (nSPS) is 10.5. The van der Waals surface area contributed by atoms with Crippen LogP contribution in [0.1, 0.15) is 5.56 Å². The molecule has 6 heteroatoms. The van der Waals surface area contributed by atoms with Crippen LogP contribution >= 0.6 is 15.9 Å². The zero-order chi connectivity index (χ0) is 17.5. The third-order valence-electron chi connectivity index (χ3n) is 3.28. The maximum absolute atomic E-state index is 12.1. The molecule has 0 aromatic heterocycles. The Hall–Kier alpha value is -2.47. The third-order valence-corrected chi connectivity index (χ3v) is 3.97. The van der Waals surface area contributed by atoms with Crippen LogP contribution in [0, 0.1) is 0 Å². The van der Waals surface area contributed by atoms with Crippen molar-refractivity contribution in [2.75, 3.05) is 26.6 Å². The second-order valence-corrected chi connectivity index (χ2v) is 5.61. The Balaban J connectivity index is 2.21. The first-order chi connectivity index (χ1) is 11.6. The maximum atomic E-state index is 12.1. The maximum Gasteiger partial charge on any atom is 0.248 e. The summed E-state index contributed by atoms with van der Waals surface area (Å²) in [6.45, 7) is 0. The lowest BCUT2D eigenvalue weighted by molar-refractivity contribution is -0.111. The van der Waals surface area contributed by atoms with Gasteiger partial charge in [0.2, 0.25) is 5.91 Å². The summed E-state index contributed by atoms with van der Waals surface area (Å²) < 4.78 is 16.7. The molecule has 0 radical (unpaired) electrons. The number of ether oxygens (including phenoxy) is 3. The van der Waals surface area contributed by atoms with Crippen LogP contribution in [-0.4, -0.2) is 27.2 Å². The van der Waals surface area contributed by atoms with Gasteiger partial charge in [0.25, 0.3) is 0 Å². The number of carbonyl (C=O) groups is 1. The standard InChI is InChI=1S/C18H18BrNO4/c1-22-15-11-17(24-3)16(23-2)10-12(15)8-9-18(21)20-14-7-5-4-6-13(14)19/h4-11H,1-3H3,(H,20,21)/b9-8+. The molecule has 0 bridgehead atoms. The van der Waals surface area contributed by atoms with Crippen molar-refractivity contribution in [1.82, 2.24) is 0 Å². The Morgan fingerprint density at radius 2 is 1.62 bits per heavy atom. The fourth-order valence-electron chi connectivity index (χ4n) is 2.09. The highest BCUT2D eigenvalue weighted by atomic mass is 79.9. The third kappa shape index (κ3) is 4.29. The zero-order valence-electron chi connectivity index (χ0n) is 13.6. The summed E-state index contributed by atoms with van der Waals surface area (Å²) in [7, 11) is 4.66. The number of methoxy groups -OCH3 is 3. The monoisotopic (exact) mass is 391 g/mol. The van der Waals surface area contributed by atoms with Crippen molar-refractivity contribution in [3.05, 3.63) is 52.5 Å². The van der Waals surface area contributed by atoms with Gasteiger partial charge in [-0.25, -0.2) is 0 Å². The number of hydrogen-bond donors (Lipinski definition) is 1. The van der Waals surface area contributed by atoms with E-state index in [2.05, 4.69) is 21.2 Å². The van der Waals surface area contributed by atoms with Crippen LogP contribution in [0.4, 0.5) is 5.69 Å². The predicted octanol–water partition coefficient (Wildman–Crippen LogP) is 4.13. The van der Waals surface area contributed by atoms with Gasteiger partial charge in [0, 0.05) is 22.2 Å². The highest BCUT2D eigenvalue weighted by Gasteiger charge is 2.10. The molecule has 5 nitrogen and oxygen atoms in total. The first-order valence-electron chi connectivity index (χ1n) is 7.12. The van der Waals surface area contributed by atoms with Gasteiger partial charge >= 0.3 is 0 Å². The lowest BCUT2D eigenvalue weighted by atomic mass is 10.1. The number of hydrogen-bond acceptors (Lipinski definition) is 4. The molecule has 0 atom stereocenters. The molecule has 0 aliphatic heterocycles. The van der Waals surface area contributed by atoms with E-state index >= 15 is 0 Å². The zero-order valence-corrected chi connectivity index (χ0v) is 15.2.